The van der Waals surface area contributed by atoms with Crippen molar-refractivity contribution in [3.05, 3.63) is 23.3 Å². The molecule has 0 radical (unpaired) electrons. The van der Waals surface area contributed by atoms with Gasteiger partial charge in [-0.1, -0.05) is 13.0 Å². The number of aliphatic hydroxyl groups is 1. The molecule has 2 aliphatic carbocycles. The summed E-state index contributed by atoms with van der Waals surface area (Å²) in [7, 11) is 0. The van der Waals surface area contributed by atoms with Crippen LogP contribution in [-0.2, 0) is 14.3 Å². The van der Waals surface area contributed by atoms with Gasteiger partial charge < -0.3 is 9.84 Å². The van der Waals surface area contributed by atoms with Gasteiger partial charge in [0.1, 0.15) is 0 Å². The van der Waals surface area contributed by atoms with Crippen LogP contribution in [0.3, 0.4) is 0 Å². The number of esters is 1. The molecule has 1 fully saturated rings. The highest BCUT2D eigenvalue weighted by Crippen LogP contribution is 2.54. The predicted molar refractivity (Wildman–Crippen MR) is 63.3 cm³/mol. The highest BCUT2D eigenvalue weighted by Gasteiger charge is 2.58. The average molecular weight is 248 g/mol. The highest BCUT2D eigenvalue weighted by atomic mass is 16.7. The van der Waals surface area contributed by atoms with Crippen molar-refractivity contribution in [2.75, 3.05) is 0 Å². The second-order valence-corrected chi connectivity index (χ2v) is 5.78. The van der Waals surface area contributed by atoms with Crippen LogP contribution in [0, 0.1) is 11.3 Å². The first-order valence-corrected chi connectivity index (χ1v) is 6.24. The van der Waals surface area contributed by atoms with Gasteiger partial charge in [0.25, 0.3) is 0 Å². The molecule has 96 valence electrons. The first-order chi connectivity index (χ1) is 8.37. The fraction of sp³-hybridized carbons (Fsp3) is 0.571. The summed E-state index contributed by atoms with van der Waals surface area (Å²) in [4.78, 5) is 23.7. The molecule has 3 aliphatic rings. The number of ketones is 1. The number of carbonyl (C=O) groups is 2. The second-order valence-electron chi connectivity index (χ2n) is 5.78. The zero-order valence-corrected chi connectivity index (χ0v) is 10.5. The molecule has 1 N–H and O–H groups in total. The third-order valence-corrected chi connectivity index (χ3v) is 4.70. The summed E-state index contributed by atoms with van der Waals surface area (Å²) in [5.74, 6) is -1.86. The molecule has 3 atom stereocenters. The molecule has 0 bridgehead atoms. The molecule has 4 nitrogen and oxygen atoms in total. The second kappa shape index (κ2) is 3.32. The largest absolute Gasteiger partial charge is 0.426 e. The van der Waals surface area contributed by atoms with E-state index in [9.17, 15) is 14.7 Å². The van der Waals surface area contributed by atoms with Crippen LogP contribution < -0.4 is 0 Å². The lowest BCUT2D eigenvalue weighted by Crippen LogP contribution is -2.50. The Morgan fingerprint density at radius 2 is 2.17 bits per heavy atom. The standard InChI is InChI=1S/C14H16O4/c1-8-10-6-9-4-3-5-11(15)13(9,2)7-14(10,17)18-12(8)16/h3,5,9,17H,4,6-7H2,1-2H3/t9-,13-,14+/m1/s1. The SMILES string of the molecule is CC1=C2C[C@H]3CC=CC(=O)[C@]3(C)C[C@]2(O)OC1=O. The Bertz CT molecular complexity index is 516. The molecule has 0 aromatic heterocycles. The molecule has 1 aliphatic heterocycles. The molecule has 1 heterocycles. The molecule has 3 rings (SSSR count). The van der Waals surface area contributed by atoms with E-state index in [1.54, 1.807) is 13.0 Å². The summed E-state index contributed by atoms with van der Waals surface area (Å²) in [6.45, 7) is 3.54. The Morgan fingerprint density at radius 1 is 1.44 bits per heavy atom. The van der Waals surface area contributed by atoms with E-state index in [1.165, 1.54) is 0 Å². The van der Waals surface area contributed by atoms with Gasteiger partial charge in [0.15, 0.2) is 5.78 Å². The van der Waals surface area contributed by atoms with Gasteiger partial charge in [-0.2, -0.15) is 0 Å². The number of fused-ring (bicyclic) bond motifs is 2. The number of hydrogen-bond donors (Lipinski definition) is 1. The van der Waals surface area contributed by atoms with Crippen molar-refractivity contribution in [1.82, 2.24) is 0 Å². The van der Waals surface area contributed by atoms with Gasteiger partial charge >= 0.3 is 5.97 Å². The van der Waals surface area contributed by atoms with E-state index in [-0.39, 0.29) is 18.1 Å². The van der Waals surface area contributed by atoms with Gasteiger partial charge in [-0.25, -0.2) is 4.79 Å². The van der Waals surface area contributed by atoms with Crippen LogP contribution in [0.15, 0.2) is 23.3 Å². The molecule has 0 amide bonds. The zero-order valence-electron chi connectivity index (χ0n) is 10.5. The summed E-state index contributed by atoms with van der Waals surface area (Å²) in [6, 6.07) is 0. The molecule has 0 aromatic carbocycles. The van der Waals surface area contributed by atoms with E-state index < -0.39 is 17.2 Å². The quantitative estimate of drug-likeness (QED) is 0.660. The molecule has 18 heavy (non-hydrogen) atoms. The maximum Gasteiger partial charge on any atom is 0.336 e. The van der Waals surface area contributed by atoms with Crippen LogP contribution in [0.4, 0.5) is 0 Å². The van der Waals surface area contributed by atoms with E-state index in [2.05, 4.69) is 0 Å². The first-order valence-electron chi connectivity index (χ1n) is 6.24. The fourth-order valence-corrected chi connectivity index (χ4v) is 3.44. The van der Waals surface area contributed by atoms with E-state index in [0.717, 1.165) is 6.42 Å². The number of allylic oxidation sites excluding steroid dienone is 2. The molecule has 4 heteroatoms. The molecular formula is C14H16O4. The number of rotatable bonds is 0. The van der Waals surface area contributed by atoms with Crippen molar-refractivity contribution in [2.45, 2.75) is 38.9 Å². The van der Waals surface area contributed by atoms with E-state index in [4.69, 9.17) is 4.74 Å². The van der Waals surface area contributed by atoms with Crippen molar-refractivity contribution in [3.8, 4) is 0 Å². The maximum atomic E-state index is 12.1. The predicted octanol–water partition coefficient (Wildman–Crippen LogP) is 1.49. The topological polar surface area (TPSA) is 63.6 Å². The number of hydrogen-bond acceptors (Lipinski definition) is 4. The van der Waals surface area contributed by atoms with Gasteiger partial charge in [-0.05, 0) is 31.8 Å². The summed E-state index contributed by atoms with van der Waals surface area (Å²) < 4.78 is 5.09. The Hall–Kier alpha value is -1.42. The highest BCUT2D eigenvalue weighted by molar-refractivity contribution is 5.97. The minimum atomic E-state index is -1.56. The van der Waals surface area contributed by atoms with Crippen LogP contribution in [0.2, 0.25) is 0 Å². The van der Waals surface area contributed by atoms with Gasteiger partial charge in [-0.3, -0.25) is 4.79 Å². The smallest absolute Gasteiger partial charge is 0.336 e. The molecule has 0 aromatic rings. The van der Waals surface area contributed by atoms with E-state index in [0.29, 0.717) is 17.6 Å². The molecule has 0 unspecified atom stereocenters. The fourth-order valence-electron chi connectivity index (χ4n) is 3.44. The summed E-state index contributed by atoms with van der Waals surface area (Å²) in [5.41, 5.74) is 0.539. The van der Waals surface area contributed by atoms with Gasteiger partial charge in [0, 0.05) is 23.0 Å². The monoisotopic (exact) mass is 248 g/mol. The van der Waals surface area contributed by atoms with Crippen molar-refractivity contribution >= 4 is 11.8 Å². The molecule has 0 spiro atoms. The Kier molecular flexibility index (Phi) is 2.15. The summed E-state index contributed by atoms with van der Waals surface area (Å²) >= 11 is 0. The third-order valence-electron chi connectivity index (χ3n) is 4.70. The van der Waals surface area contributed by atoms with Crippen LogP contribution in [0.5, 0.6) is 0 Å². The van der Waals surface area contributed by atoms with Crippen LogP contribution in [-0.4, -0.2) is 22.6 Å². The maximum absolute atomic E-state index is 12.1. The summed E-state index contributed by atoms with van der Waals surface area (Å²) in [5, 5.41) is 10.5. The zero-order chi connectivity index (χ0) is 13.1. The van der Waals surface area contributed by atoms with E-state index in [1.807, 2.05) is 13.0 Å². The molecule has 0 saturated heterocycles. The van der Waals surface area contributed by atoms with Crippen LogP contribution in [0.25, 0.3) is 0 Å². The lowest BCUT2D eigenvalue weighted by molar-refractivity contribution is -0.203. The van der Waals surface area contributed by atoms with Gasteiger partial charge in [-0.15, -0.1) is 0 Å². The van der Waals surface area contributed by atoms with Crippen molar-refractivity contribution in [3.63, 3.8) is 0 Å². The normalized spacial score (nSPS) is 42.7. The summed E-state index contributed by atoms with van der Waals surface area (Å²) in [6.07, 6.45) is 5.00. The third kappa shape index (κ3) is 1.29. The minimum Gasteiger partial charge on any atom is -0.426 e. The molecule has 1 saturated carbocycles. The van der Waals surface area contributed by atoms with Crippen molar-refractivity contribution in [2.24, 2.45) is 11.3 Å². The first kappa shape index (κ1) is 11.7. The number of carbonyl (C=O) groups excluding carboxylic acids is 2. The van der Waals surface area contributed by atoms with Gasteiger partial charge in [0.2, 0.25) is 5.79 Å². The Labute approximate surface area is 105 Å². The molecular weight excluding hydrogens is 232 g/mol. The lowest BCUT2D eigenvalue weighted by atomic mass is 9.59. The van der Waals surface area contributed by atoms with Crippen LogP contribution in [0.1, 0.15) is 33.1 Å². The minimum absolute atomic E-state index is 0.0202. The van der Waals surface area contributed by atoms with Gasteiger partial charge in [0.05, 0.1) is 0 Å². The number of ether oxygens (including phenoxy) is 1. The van der Waals surface area contributed by atoms with E-state index >= 15 is 0 Å². The Morgan fingerprint density at radius 3 is 2.89 bits per heavy atom. The lowest BCUT2D eigenvalue weighted by Gasteiger charge is -2.47. The van der Waals surface area contributed by atoms with Crippen molar-refractivity contribution < 1.29 is 19.4 Å². The Balaban J connectivity index is 2.07. The van der Waals surface area contributed by atoms with Crippen molar-refractivity contribution in [1.29, 1.82) is 0 Å². The average Bonchev–Trinajstić information content (AvgIpc) is 2.49. The van der Waals surface area contributed by atoms with Crippen LogP contribution >= 0.6 is 0 Å².